The molecule has 2 amide bonds. The molecule has 0 aliphatic heterocycles. The molecule has 0 saturated heterocycles. The fraction of sp³-hybridized carbons (Fsp3) is 0.103. The Morgan fingerprint density at radius 3 is 2.26 bits per heavy atom. The number of methoxy groups -OCH3 is 2. The van der Waals surface area contributed by atoms with Crippen LogP contribution in [0.2, 0.25) is 0 Å². The van der Waals surface area contributed by atoms with E-state index in [9.17, 15) is 14.4 Å². The van der Waals surface area contributed by atoms with E-state index < -0.39 is 11.8 Å². The first-order valence-electron chi connectivity index (χ1n) is 15.0. The molecule has 0 bridgehead atoms. The number of Topliss-reactive ketones (excluding diaryl/α,β-unsaturated/α-hetero) is 1. The number of benzene rings is 5. The quantitative estimate of drug-likeness (QED) is 0.0858. The summed E-state index contributed by atoms with van der Waals surface area (Å²) in [4.78, 5) is 40.5. The highest BCUT2D eigenvalue weighted by atomic mass is 32.2. The first-order chi connectivity index (χ1) is 22.9. The van der Waals surface area contributed by atoms with Gasteiger partial charge < -0.3 is 20.1 Å². The number of fused-ring (bicyclic) bond motifs is 3. The van der Waals surface area contributed by atoms with Crippen LogP contribution in [0.25, 0.3) is 17.2 Å². The molecule has 234 valence electrons. The molecule has 2 N–H and O–H groups in total. The first kappa shape index (κ1) is 31.4. The second kappa shape index (κ2) is 14.2. The Labute approximate surface area is 277 Å². The van der Waals surface area contributed by atoms with Crippen molar-refractivity contribution in [3.63, 3.8) is 0 Å². The van der Waals surface area contributed by atoms with Crippen molar-refractivity contribution >= 4 is 41.1 Å². The van der Waals surface area contributed by atoms with Crippen molar-refractivity contribution in [3.05, 3.63) is 149 Å². The molecule has 0 fully saturated rings. The lowest BCUT2D eigenvalue weighted by molar-refractivity contribution is -0.113. The number of carbonyl (C=O) groups excluding carboxylic acids is 3. The summed E-state index contributed by atoms with van der Waals surface area (Å²) in [6, 6.07) is 35.4. The van der Waals surface area contributed by atoms with E-state index in [1.165, 1.54) is 41.1 Å². The molecule has 1 aliphatic carbocycles. The molecule has 8 heteroatoms. The summed E-state index contributed by atoms with van der Waals surface area (Å²) in [5, 5.41) is 5.61. The Morgan fingerprint density at radius 1 is 0.745 bits per heavy atom. The lowest BCUT2D eigenvalue weighted by atomic mass is 10.0. The van der Waals surface area contributed by atoms with Gasteiger partial charge in [-0.15, -0.1) is 11.8 Å². The van der Waals surface area contributed by atoms with E-state index in [0.29, 0.717) is 39.6 Å². The topological polar surface area (TPSA) is 93.7 Å². The lowest BCUT2D eigenvalue weighted by Gasteiger charge is -2.13. The van der Waals surface area contributed by atoms with Crippen LogP contribution in [0, 0.1) is 0 Å². The molecule has 47 heavy (non-hydrogen) atoms. The number of hydrogen-bond donors (Lipinski definition) is 2. The zero-order chi connectivity index (χ0) is 32.8. The highest BCUT2D eigenvalue weighted by Gasteiger charge is 2.20. The fourth-order valence-corrected chi connectivity index (χ4v) is 6.21. The summed E-state index contributed by atoms with van der Waals surface area (Å²) >= 11 is 1.44. The number of ether oxygens (including phenoxy) is 2. The highest BCUT2D eigenvalue weighted by Crippen LogP contribution is 2.37. The van der Waals surface area contributed by atoms with Crippen LogP contribution in [-0.2, 0) is 11.2 Å². The molecular weight excluding hydrogens is 609 g/mol. The Kier molecular flexibility index (Phi) is 9.50. The van der Waals surface area contributed by atoms with E-state index in [2.05, 4.69) is 22.8 Å². The van der Waals surface area contributed by atoms with Crippen molar-refractivity contribution in [1.82, 2.24) is 5.32 Å². The fourth-order valence-electron chi connectivity index (χ4n) is 5.42. The van der Waals surface area contributed by atoms with Crippen LogP contribution in [0.15, 0.2) is 126 Å². The highest BCUT2D eigenvalue weighted by molar-refractivity contribution is 8.00. The van der Waals surface area contributed by atoms with Crippen molar-refractivity contribution in [3.8, 4) is 22.6 Å². The number of nitrogens with one attached hydrogen (secondary N) is 2. The van der Waals surface area contributed by atoms with Crippen LogP contribution in [-0.4, -0.2) is 37.6 Å². The molecular formula is C39H32N2O5S. The second-order valence-electron chi connectivity index (χ2n) is 10.9. The Bertz CT molecular complexity index is 1990. The molecule has 6 rings (SSSR count). The van der Waals surface area contributed by atoms with Crippen LogP contribution in [0.4, 0.5) is 5.69 Å². The Hall–Kier alpha value is -5.60. The minimum atomic E-state index is -0.513. The smallest absolute Gasteiger partial charge is 0.272 e. The van der Waals surface area contributed by atoms with Crippen molar-refractivity contribution < 1.29 is 23.9 Å². The summed E-state index contributed by atoms with van der Waals surface area (Å²) in [7, 11) is 3.07. The second-order valence-corrected chi connectivity index (χ2v) is 11.9. The minimum Gasteiger partial charge on any atom is -0.497 e. The standard InChI is InChI=1S/C39H32N2O5S/c1-45-31-16-12-28(37(23-31)46-2)22-35(41-38(43)25-8-4-3-5-9-25)39(44)40-30-14-17-32(18-15-30)47-24-36(42)27-13-19-34-29(21-27)20-26-10-6-7-11-33(26)34/h3-19,21-23H,20,24H2,1-2H3,(H,40,44)(H,41,43)/b35-22-. The van der Waals surface area contributed by atoms with Gasteiger partial charge in [-0.05, 0) is 89.3 Å². The summed E-state index contributed by atoms with van der Waals surface area (Å²) in [5.41, 5.74) is 7.17. The number of thioether (sulfide) groups is 1. The van der Waals surface area contributed by atoms with E-state index in [1.54, 1.807) is 67.8 Å². The van der Waals surface area contributed by atoms with E-state index in [-0.39, 0.29) is 11.5 Å². The monoisotopic (exact) mass is 640 g/mol. The number of carbonyl (C=O) groups is 3. The molecule has 5 aromatic carbocycles. The van der Waals surface area contributed by atoms with E-state index in [4.69, 9.17) is 9.47 Å². The lowest BCUT2D eigenvalue weighted by Crippen LogP contribution is -2.30. The largest absolute Gasteiger partial charge is 0.497 e. The molecule has 0 spiro atoms. The molecule has 7 nitrogen and oxygen atoms in total. The van der Waals surface area contributed by atoms with Crippen LogP contribution in [0.3, 0.4) is 0 Å². The van der Waals surface area contributed by atoms with Gasteiger partial charge >= 0.3 is 0 Å². The van der Waals surface area contributed by atoms with Crippen molar-refractivity contribution in [1.29, 1.82) is 0 Å². The number of rotatable bonds is 11. The normalized spacial score (nSPS) is 11.7. The minimum absolute atomic E-state index is 0.0313. The molecule has 1 aliphatic rings. The maximum absolute atomic E-state index is 13.5. The van der Waals surface area contributed by atoms with Crippen molar-refractivity contribution in [2.24, 2.45) is 0 Å². The first-order valence-corrected chi connectivity index (χ1v) is 16.0. The van der Waals surface area contributed by atoms with Gasteiger partial charge in [0, 0.05) is 33.3 Å². The molecule has 5 aromatic rings. The average molecular weight is 641 g/mol. The SMILES string of the molecule is COc1ccc(/C=C(\NC(=O)c2ccccc2)C(=O)Nc2ccc(SCC(=O)c3ccc4c(c3)Cc3ccccc3-4)cc2)c(OC)c1. The summed E-state index contributed by atoms with van der Waals surface area (Å²) in [6.45, 7) is 0. The van der Waals surface area contributed by atoms with Gasteiger partial charge in [-0.2, -0.15) is 0 Å². The van der Waals surface area contributed by atoms with Gasteiger partial charge in [-0.1, -0.05) is 54.6 Å². The number of hydrogen-bond acceptors (Lipinski definition) is 6. The zero-order valence-electron chi connectivity index (χ0n) is 25.9. The zero-order valence-corrected chi connectivity index (χ0v) is 26.7. The van der Waals surface area contributed by atoms with Crippen LogP contribution in [0.1, 0.15) is 37.4 Å². The third-order valence-electron chi connectivity index (χ3n) is 7.87. The molecule has 0 atom stereocenters. The van der Waals surface area contributed by atoms with Gasteiger partial charge in [0.2, 0.25) is 0 Å². The van der Waals surface area contributed by atoms with Crippen molar-refractivity contribution in [2.45, 2.75) is 11.3 Å². The number of ketones is 1. The number of anilines is 1. The van der Waals surface area contributed by atoms with Gasteiger partial charge in [0.1, 0.15) is 17.2 Å². The predicted molar refractivity (Wildman–Crippen MR) is 186 cm³/mol. The third kappa shape index (κ3) is 7.29. The van der Waals surface area contributed by atoms with Gasteiger partial charge in [-0.25, -0.2) is 0 Å². The number of amides is 2. The van der Waals surface area contributed by atoms with Gasteiger partial charge in [-0.3, -0.25) is 14.4 Å². The van der Waals surface area contributed by atoms with Crippen molar-refractivity contribution in [2.75, 3.05) is 25.3 Å². The summed E-state index contributed by atoms with van der Waals surface area (Å²) in [6.07, 6.45) is 2.40. The van der Waals surface area contributed by atoms with E-state index in [1.807, 2.05) is 48.5 Å². The Balaban J connectivity index is 1.13. The van der Waals surface area contributed by atoms with E-state index in [0.717, 1.165) is 11.3 Å². The molecule has 0 unspecified atom stereocenters. The van der Waals surface area contributed by atoms with Crippen LogP contribution >= 0.6 is 11.8 Å². The van der Waals surface area contributed by atoms with Crippen LogP contribution < -0.4 is 20.1 Å². The maximum Gasteiger partial charge on any atom is 0.272 e. The molecule has 0 heterocycles. The van der Waals surface area contributed by atoms with Gasteiger partial charge in [0.25, 0.3) is 11.8 Å². The molecule has 0 aromatic heterocycles. The van der Waals surface area contributed by atoms with Crippen LogP contribution in [0.5, 0.6) is 11.5 Å². The molecule has 0 radical (unpaired) electrons. The van der Waals surface area contributed by atoms with Gasteiger partial charge in [0.15, 0.2) is 5.78 Å². The summed E-state index contributed by atoms with van der Waals surface area (Å²) in [5.74, 6) is 0.481. The predicted octanol–water partition coefficient (Wildman–Crippen LogP) is 7.66. The average Bonchev–Trinajstić information content (AvgIpc) is 3.49. The third-order valence-corrected chi connectivity index (χ3v) is 8.88. The summed E-state index contributed by atoms with van der Waals surface area (Å²) < 4.78 is 10.8. The molecule has 0 saturated carbocycles. The van der Waals surface area contributed by atoms with Gasteiger partial charge in [0.05, 0.1) is 20.0 Å². The maximum atomic E-state index is 13.5. The van der Waals surface area contributed by atoms with E-state index >= 15 is 0 Å². The Morgan fingerprint density at radius 2 is 1.49 bits per heavy atom.